The number of carbonyl (C=O) groups excluding carboxylic acids is 2. The van der Waals surface area contributed by atoms with Gasteiger partial charge in [0.05, 0.1) is 37.2 Å². The summed E-state index contributed by atoms with van der Waals surface area (Å²) in [6.07, 6.45) is 4.22. The normalized spacial score (nSPS) is 11.4. The summed E-state index contributed by atoms with van der Waals surface area (Å²) in [5, 5.41) is 6.81. The minimum atomic E-state index is -3.82. The van der Waals surface area contributed by atoms with Crippen molar-refractivity contribution < 1.29 is 35.9 Å². The molecule has 76 heavy (non-hydrogen) atoms. The third kappa shape index (κ3) is 12.4. The van der Waals surface area contributed by atoms with E-state index in [1.165, 1.54) is 48.5 Å². The molecule has 0 N–H and O–H groups in total. The lowest BCUT2D eigenvalue weighted by Gasteiger charge is -2.26. The van der Waals surface area contributed by atoms with Crippen LogP contribution in [0.25, 0.3) is 0 Å². The fraction of sp³-hybridized carbons (Fsp3) is 0.0635. The van der Waals surface area contributed by atoms with Gasteiger partial charge in [0.1, 0.15) is 11.5 Å². The van der Waals surface area contributed by atoms with Gasteiger partial charge >= 0.3 is 11.9 Å². The van der Waals surface area contributed by atoms with E-state index in [1.54, 1.807) is 31.2 Å². The predicted molar refractivity (Wildman–Crippen MR) is 298 cm³/mol. The second-order valence-corrected chi connectivity index (χ2v) is 21.4. The third-order valence-corrected chi connectivity index (χ3v) is 15.9. The van der Waals surface area contributed by atoms with Gasteiger partial charge in [0.25, 0.3) is 0 Å². The minimum absolute atomic E-state index is 0.0775. The summed E-state index contributed by atoms with van der Waals surface area (Å²) in [6, 6.07) is 69.9. The smallest absolute Gasteiger partial charge is 0.335 e. The number of sulfone groups is 2. The molecule has 0 aromatic heterocycles. The molecule has 9 aromatic carbocycles. The Morgan fingerprint density at radius 1 is 0.447 bits per heavy atom. The highest BCUT2D eigenvalue weighted by molar-refractivity contribution is 7.91. The Bertz CT molecular complexity index is 3670. The molecule has 0 aliphatic carbocycles. The van der Waals surface area contributed by atoms with Crippen molar-refractivity contribution in [2.75, 3.05) is 9.91 Å². The topological polar surface area (TPSA) is 140 Å². The van der Waals surface area contributed by atoms with Gasteiger partial charge in [-0.25, -0.2) is 26.6 Å². The van der Waals surface area contributed by atoms with Crippen LogP contribution in [-0.4, -0.2) is 35.0 Å². The lowest BCUT2D eigenvalue weighted by molar-refractivity contribution is -0.134. The van der Waals surface area contributed by atoms with Crippen molar-refractivity contribution in [3.63, 3.8) is 0 Å². The van der Waals surface area contributed by atoms with E-state index in [2.05, 4.69) is 72.1 Å². The lowest BCUT2D eigenvalue weighted by Crippen LogP contribution is -2.11. The zero-order valence-corrected chi connectivity index (χ0v) is 43.0. The number of benzene rings is 9. The molecular formula is C63H51N3O8S2. The Balaban J connectivity index is 0.940. The first-order chi connectivity index (χ1) is 36.9. The van der Waals surface area contributed by atoms with Crippen molar-refractivity contribution in [2.24, 2.45) is 5.10 Å². The molecular weight excluding hydrogens is 991 g/mol. The minimum Gasteiger partial charge on any atom is -0.427 e. The third-order valence-electron chi connectivity index (χ3n) is 12.3. The summed E-state index contributed by atoms with van der Waals surface area (Å²) in [5.41, 5.74) is 9.44. The number of hydrogen-bond acceptors (Lipinski definition) is 11. The van der Waals surface area contributed by atoms with E-state index in [0.717, 1.165) is 62.3 Å². The lowest BCUT2D eigenvalue weighted by atomic mass is 10.0. The van der Waals surface area contributed by atoms with E-state index >= 15 is 0 Å². The molecule has 0 fully saturated rings. The van der Waals surface area contributed by atoms with E-state index in [1.807, 2.05) is 108 Å². The SMILES string of the molecule is C=CC(=O)Oc1ccc(S(=O)(=O)c2ccc(Cc3ccc(N(c4ccc(C=NN(c5ccccc5)c5ccccc5)cc4)c4ccc(Cc5ccc(S(=O)(=O)c6ccc(OC(=O)CC)cc6)cc5)cc4)cc3)cc2)cc1. The molecule has 0 radical (unpaired) electrons. The Morgan fingerprint density at radius 2 is 0.789 bits per heavy atom. The maximum atomic E-state index is 13.5. The van der Waals surface area contributed by atoms with Gasteiger partial charge in [-0.2, -0.15) is 5.10 Å². The number of esters is 2. The molecule has 0 unspecified atom stereocenters. The van der Waals surface area contributed by atoms with Crippen molar-refractivity contribution in [2.45, 2.75) is 45.8 Å². The van der Waals surface area contributed by atoms with Gasteiger partial charge in [-0.1, -0.05) is 111 Å². The van der Waals surface area contributed by atoms with Crippen LogP contribution in [0.5, 0.6) is 11.5 Å². The van der Waals surface area contributed by atoms with Crippen molar-refractivity contribution in [1.29, 1.82) is 0 Å². The maximum Gasteiger partial charge on any atom is 0.335 e. The molecule has 0 aliphatic heterocycles. The van der Waals surface area contributed by atoms with Gasteiger partial charge in [-0.05, 0) is 174 Å². The fourth-order valence-electron chi connectivity index (χ4n) is 8.28. The highest BCUT2D eigenvalue weighted by Gasteiger charge is 2.20. The monoisotopic (exact) mass is 1040 g/mol. The number of hydrazone groups is 1. The van der Waals surface area contributed by atoms with Gasteiger partial charge in [-0.3, -0.25) is 4.79 Å². The molecule has 0 amide bonds. The molecule has 0 spiro atoms. The molecule has 0 saturated heterocycles. The molecule has 0 aliphatic rings. The molecule has 0 atom stereocenters. The van der Waals surface area contributed by atoms with Crippen molar-refractivity contribution in [1.82, 2.24) is 0 Å². The first-order valence-electron chi connectivity index (χ1n) is 24.3. The average molecular weight is 1040 g/mol. The second-order valence-electron chi connectivity index (χ2n) is 17.5. The van der Waals surface area contributed by atoms with Crippen LogP contribution in [0.1, 0.15) is 41.2 Å². The number of ether oxygens (including phenoxy) is 2. The Labute approximate surface area is 443 Å². The average Bonchev–Trinajstić information content (AvgIpc) is 3.46. The molecule has 11 nitrogen and oxygen atoms in total. The van der Waals surface area contributed by atoms with E-state index in [0.29, 0.717) is 12.8 Å². The standard InChI is InChI=1S/C63H51N3O8S2/c1-3-62(67)73-56-31-39-60(40-32-56)75(69,70)58-35-21-48(22-36-58)43-46-15-25-51(26-16-46)65(53-29-19-50(20-30-53)45-64-66(54-11-7-5-8-12-54)55-13-9-6-10-14-55)52-27-17-47(18-28-52)44-49-23-37-59(38-24-49)76(71,72)61-41-33-57(34-42-61)74-63(68)4-2/h3,5-42,45H,1,4,43-44H2,2H3. The highest BCUT2D eigenvalue weighted by atomic mass is 32.2. The van der Waals surface area contributed by atoms with Crippen molar-refractivity contribution >= 4 is 66.3 Å². The number of rotatable bonds is 19. The van der Waals surface area contributed by atoms with E-state index in [9.17, 15) is 26.4 Å². The zero-order chi connectivity index (χ0) is 53.1. The summed E-state index contributed by atoms with van der Waals surface area (Å²) >= 11 is 0. The molecule has 378 valence electrons. The van der Waals surface area contributed by atoms with E-state index in [-0.39, 0.29) is 37.5 Å². The van der Waals surface area contributed by atoms with E-state index < -0.39 is 31.6 Å². The highest BCUT2D eigenvalue weighted by Crippen LogP contribution is 2.36. The number of para-hydroxylation sites is 2. The molecule has 0 heterocycles. The van der Waals surface area contributed by atoms with Crippen LogP contribution >= 0.6 is 0 Å². The molecule has 13 heteroatoms. The number of nitrogens with zero attached hydrogens (tertiary/aromatic N) is 3. The molecule has 0 saturated carbocycles. The van der Waals surface area contributed by atoms with Crippen LogP contribution < -0.4 is 19.4 Å². The van der Waals surface area contributed by atoms with Crippen LogP contribution in [-0.2, 0) is 42.1 Å². The van der Waals surface area contributed by atoms with Gasteiger partial charge < -0.3 is 14.4 Å². The summed E-state index contributed by atoms with van der Waals surface area (Å²) in [4.78, 5) is 25.9. The Hall–Kier alpha value is -9.17. The summed E-state index contributed by atoms with van der Waals surface area (Å²) in [6.45, 7) is 5.07. The van der Waals surface area contributed by atoms with Crippen molar-refractivity contribution in [3.8, 4) is 11.5 Å². The maximum absolute atomic E-state index is 13.5. The molecule has 0 bridgehead atoms. The van der Waals surface area contributed by atoms with Crippen LogP contribution in [0.3, 0.4) is 0 Å². The zero-order valence-electron chi connectivity index (χ0n) is 41.3. The second kappa shape index (κ2) is 23.4. The van der Waals surface area contributed by atoms with Gasteiger partial charge in [0, 0.05) is 29.6 Å². The number of anilines is 5. The number of carbonyl (C=O) groups is 2. The quantitative estimate of drug-likeness (QED) is 0.0253. The summed E-state index contributed by atoms with van der Waals surface area (Å²) in [7, 11) is -7.63. The van der Waals surface area contributed by atoms with E-state index in [4.69, 9.17) is 14.6 Å². The fourth-order valence-corrected chi connectivity index (χ4v) is 10.8. The molecule has 9 aromatic rings. The Kier molecular flexibility index (Phi) is 15.9. The number of hydrogen-bond donors (Lipinski definition) is 0. The summed E-state index contributed by atoms with van der Waals surface area (Å²) < 4.78 is 64.2. The largest absolute Gasteiger partial charge is 0.427 e. The predicted octanol–water partition coefficient (Wildman–Crippen LogP) is 13.6. The van der Waals surface area contributed by atoms with Crippen LogP contribution in [0.15, 0.2) is 268 Å². The van der Waals surface area contributed by atoms with Gasteiger partial charge in [0.2, 0.25) is 19.7 Å². The van der Waals surface area contributed by atoms with Gasteiger partial charge in [0.15, 0.2) is 0 Å². The van der Waals surface area contributed by atoms with Gasteiger partial charge in [-0.15, -0.1) is 0 Å². The molecule has 9 rings (SSSR count). The Morgan fingerprint density at radius 3 is 1.16 bits per heavy atom. The summed E-state index contributed by atoms with van der Waals surface area (Å²) in [5.74, 6) is -0.533. The first-order valence-corrected chi connectivity index (χ1v) is 27.3. The van der Waals surface area contributed by atoms with Crippen LogP contribution in [0.4, 0.5) is 28.4 Å². The van der Waals surface area contributed by atoms with Crippen LogP contribution in [0, 0.1) is 0 Å². The van der Waals surface area contributed by atoms with Crippen LogP contribution in [0.2, 0.25) is 0 Å². The first kappa shape index (κ1) is 51.7. The van der Waals surface area contributed by atoms with Crippen molar-refractivity contribution in [3.05, 3.63) is 271 Å².